The Morgan fingerprint density at radius 1 is 1.07 bits per heavy atom. The van der Waals surface area contributed by atoms with E-state index in [-0.39, 0.29) is 29.8 Å². The molecule has 1 saturated carbocycles. The fourth-order valence-electron chi connectivity index (χ4n) is 3.86. The summed E-state index contributed by atoms with van der Waals surface area (Å²) in [6.45, 7) is 3.63. The van der Waals surface area contributed by atoms with Crippen molar-refractivity contribution in [2.75, 3.05) is 24.7 Å². The second-order valence-corrected chi connectivity index (χ2v) is 7.75. The first-order valence-electron chi connectivity index (χ1n) is 9.77. The SMILES string of the molecule is CC1C(=O)N(CN2CCC(NC(=O)C3CC3)CC2)C(=O)N1c1ccccc1. The molecule has 0 aromatic heterocycles. The number of rotatable bonds is 5. The summed E-state index contributed by atoms with van der Waals surface area (Å²) in [7, 11) is 0. The van der Waals surface area contributed by atoms with Crippen molar-refractivity contribution < 1.29 is 14.4 Å². The number of piperidine rings is 1. The highest BCUT2D eigenvalue weighted by Crippen LogP contribution is 2.29. The zero-order valence-electron chi connectivity index (χ0n) is 15.6. The topological polar surface area (TPSA) is 73.0 Å². The average molecular weight is 370 g/mol. The molecular weight excluding hydrogens is 344 g/mol. The third-order valence-corrected chi connectivity index (χ3v) is 5.71. The van der Waals surface area contributed by atoms with Crippen molar-refractivity contribution in [2.24, 2.45) is 5.92 Å². The van der Waals surface area contributed by atoms with Gasteiger partial charge in [-0.15, -0.1) is 0 Å². The van der Waals surface area contributed by atoms with Gasteiger partial charge >= 0.3 is 6.03 Å². The Hall–Kier alpha value is -2.41. The molecule has 3 aliphatic rings. The Morgan fingerprint density at radius 3 is 2.37 bits per heavy atom. The van der Waals surface area contributed by atoms with E-state index in [4.69, 9.17) is 0 Å². The second-order valence-electron chi connectivity index (χ2n) is 7.75. The van der Waals surface area contributed by atoms with Crippen LogP contribution in [-0.2, 0) is 9.59 Å². The molecule has 4 rings (SSSR count). The van der Waals surface area contributed by atoms with Gasteiger partial charge in [0.25, 0.3) is 5.91 Å². The highest BCUT2D eigenvalue weighted by Gasteiger charge is 2.44. The summed E-state index contributed by atoms with van der Waals surface area (Å²) in [5.74, 6) is 0.256. The predicted molar refractivity (Wildman–Crippen MR) is 101 cm³/mol. The number of nitrogens with zero attached hydrogens (tertiary/aromatic N) is 3. The van der Waals surface area contributed by atoms with Crippen LogP contribution in [-0.4, -0.2) is 59.5 Å². The van der Waals surface area contributed by atoms with Gasteiger partial charge in [-0.25, -0.2) is 9.69 Å². The molecule has 7 heteroatoms. The van der Waals surface area contributed by atoms with Gasteiger partial charge in [-0.2, -0.15) is 0 Å². The van der Waals surface area contributed by atoms with Crippen molar-refractivity contribution in [1.82, 2.24) is 15.1 Å². The molecule has 0 radical (unpaired) electrons. The number of carbonyl (C=O) groups excluding carboxylic acids is 3. The van der Waals surface area contributed by atoms with Crippen molar-refractivity contribution in [1.29, 1.82) is 0 Å². The minimum absolute atomic E-state index is 0.159. The van der Waals surface area contributed by atoms with E-state index < -0.39 is 6.04 Å². The van der Waals surface area contributed by atoms with Gasteiger partial charge in [-0.3, -0.25) is 19.4 Å². The number of anilines is 1. The average Bonchev–Trinajstić information content (AvgIpc) is 3.50. The van der Waals surface area contributed by atoms with E-state index in [9.17, 15) is 14.4 Å². The van der Waals surface area contributed by atoms with Gasteiger partial charge < -0.3 is 5.32 Å². The van der Waals surface area contributed by atoms with Crippen LogP contribution in [0.2, 0.25) is 0 Å². The number of carbonyl (C=O) groups is 3. The number of amides is 4. The van der Waals surface area contributed by atoms with Gasteiger partial charge in [0.1, 0.15) is 6.04 Å². The summed E-state index contributed by atoms with van der Waals surface area (Å²) in [4.78, 5) is 42.4. The molecule has 27 heavy (non-hydrogen) atoms. The monoisotopic (exact) mass is 370 g/mol. The molecule has 1 N–H and O–H groups in total. The van der Waals surface area contributed by atoms with E-state index in [0.29, 0.717) is 6.67 Å². The summed E-state index contributed by atoms with van der Waals surface area (Å²) in [6, 6.07) is 8.77. The van der Waals surface area contributed by atoms with Crippen LogP contribution in [0.1, 0.15) is 32.6 Å². The second kappa shape index (κ2) is 7.31. The number of imide groups is 1. The van der Waals surface area contributed by atoms with E-state index in [1.54, 1.807) is 11.8 Å². The van der Waals surface area contributed by atoms with Crippen molar-refractivity contribution >= 4 is 23.5 Å². The van der Waals surface area contributed by atoms with Crippen LogP contribution < -0.4 is 10.2 Å². The molecule has 2 heterocycles. The number of para-hydroxylation sites is 1. The van der Waals surface area contributed by atoms with E-state index in [1.165, 1.54) is 4.90 Å². The van der Waals surface area contributed by atoms with Crippen LogP contribution >= 0.6 is 0 Å². The molecule has 0 bridgehead atoms. The van der Waals surface area contributed by atoms with Crippen LogP contribution in [0.3, 0.4) is 0 Å². The molecule has 7 nitrogen and oxygen atoms in total. The number of likely N-dealkylation sites (tertiary alicyclic amines) is 1. The van der Waals surface area contributed by atoms with Gasteiger partial charge in [0.05, 0.1) is 6.67 Å². The number of urea groups is 1. The highest BCUT2D eigenvalue weighted by atomic mass is 16.2. The smallest absolute Gasteiger partial charge is 0.333 e. The van der Waals surface area contributed by atoms with E-state index in [0.717, 1.165) is 44.5 Å². The Morgan fingerprint density at radius 2 is 1.74 bits per heavy atom. The van der Waals surface area contributed by atoms with Crippen LogP contribution in [0.15, 0.2) is 30.3 Å². The summed E-state index contributed by atoms with van der Waals surface area (Å²) in [5, 5.41) is 3.13. The molecule has 1 atom stereocenters. The summed E-state index contributed by atoms with van der Waals surface area (Å²) < 4.78 is 0. The van der Waals surface area contributed by atoms with Crippen LogP contribution in [0.25, 0.3) is 0 Å². The molecule has 1 unspecified atom stereocenters. The predicted octanol–water partition coefficient (Wildman–Crippen LogP) is 1.79. The Bertz CT molecular complexity index is 726. The molecule has 144 valence electrons. The summed E-state index contributed by atoms with van der Waals surface area (Å²) in [5.41, 5.74) is 0.743. The maximum absolute atomic E-state index is 12.8. The van der Waals surface area contributed by atoms with Gasteiger partial charge in [0, 0.05) is 30.7 Å². The van der Waals surface area contributed by atoms with Gasteiger partial charge in [0.15, 0.2) is 0 Å². The maximum atomic E-state index is 12.8. The number of nitrogens with one attached hydrogen (secondary N) is 1. The fraction of sp³-hybridized carbons (Fsp3) is 0.550. The molecule has 4 amide bonds. The van der Waals surface area contributed by atoms with E-state index >= 15 is 0 Å². The molecular formula is C20H26N4O3. The van der Waals surface area contributed by atoms with Crippen LogP contribution in [0.5, 0.6) is 0 Å². The number of hydrogen-bond donors (Lipinski definition) is 1. The van der Waals surface area contributed by atoms with Crippen molar-refractivity contribution in [3.63, 3.8) is 0 Å². The summed E-state index contributed by atoms with van der Waals surface area (Å²) in [6.07, 6.45) is 3.74. The summed E-state index contributed by atoms with van der Waals surface area (Å²) >= 11 is 0. The third-order valence-electron chi connectivity index (χ3n) is 5.71. The quantitative estimate of drug-likeness (QED) is 0.802. The number of benzene rings is 1. The van der Waals surface area contributed by atoms with Gasteiger partial charge in [0.2, 0.25) is 5.91 Å². The highest BCUT2D eigenvalue weighted by molar-refractivity contribution is 6.14. The molecule has 2 saturated heterocycles. The lowest BCUT2D eigenvalue weighted by atomic mass is 10.1. The Labute approximate surface area is 159 Å². The number of hydrogen-bond acceptors (Lipinski definition) is 4. The zero-order valence-corrected chi connectivity index (χ0v) is 15.6. The first-order valence-corrected chi connectivity index (χ1v) is 9.77. The van der Waals surface area contributed by atoms with Crippen LogP contribution in [0.4, 0.5) is 10.5 Å². The molecule has 1 aliphatic carbocycles. The fourth-order valence-corrected chi connectivity index (χ4v) is 3.86. The van der Waals surface area contributed by atoms with Crippen LogP contribution in [0, 0.1) is 5.92 Å². The third kappa shape index (κ3) is 3.69. The standard InChI is InChI=1S/C20H26N4O3/c1-14-19(26)23(20(27)24(14)17-5-3-2-4-6-17)13-22-11-9-16(10-12-22)21-18(25)15-7-8-15/h2-6,14-16H,7-13H2,1H3,(H,21,25). The molecule has 1 aromatic carbocycles. The normalized spacial score (nSPS) is 24.6. The van der Waals surface area contributed by atoms with Gasteiger partial charge in [-0.1, -0.05) is 18.2 Å². The van der Waals surface area contributed by atoms with E-state index in [2.05, 4.69) is 10.2 Å². The minimum Gasteiger partial charge on any atom is -0.353 e. The lowest BCUT2D eigenvalue weighted by molar-refractivity contribution is -0.128. The maximum Gasteiger partial charge on any atom is 0.333 e. The zero-order chi connectivity index (χ0) is 19.0. The molecule has 3 fully saturated rings. The van der Waals surface area contributed by atoms with Gasteiger partial charge in [-0.05, 0) is 44.7 Å². The molecule has 1 aromatic rings. The van der Waals surface area contributed by atoms with E-state index in [1.807, 2.05) is 30.3 Å². The largest absolute Gasteiger partial charge is 0.353 e. The Balaban J connectivity index is 1.33. The van der Waals surface area contributed by atoms with Crippen molar-refractivity contribution in [2.45, 2.75) is 44.7 Å². The first kappa shape index (κ1) is 18.0. The lowest BCUT2D eigenvalue weighted by Gasteiger charge is -2.34. The molecule has 2 aliphatic heterocycles. The lowest BCUT2D eigenvalue weighted by Crippen LogP contribution is -2.49. The minimum atomic E-state index is -0.490. The Kier molecular flexibility index (Phi) is 4.86. The van der Waals surface area contributed by atoms with Crippen molar-refractivity contribution in [3.8, 4) is 0 Å². The first-order chi connectivity index (χ1) is 13.0. The molecule has 0 spiro atoms. The van der Waals surface area contributed by atoms with Crippen molar-refractivity contribution in [3.05, 3.63) is 30.3 Å².